The monoisotopic (exact) mass is 437 g/mol. The average Bonchev–Trinajstić information content (AvgIpc) is 3.02. The first kappa shape index (κ1) is 21.2. The van der Waals surface area contributed by atoms with Crippen molar-refractivity contribution in [2.24, 2.45) is 0 Å². The fourth-order valence-electron chi connectivity index (χ4n) is 3.49. The van der Waals surface area contributed by atoms with E-state index in [4.69, 9.17) is 25.8 Å². The summed E-state index contributed by atoms with van der Waals surface area (Å²) in [5.74, 6) is 1.51. The maximum absolute atomic E-state index is 13.0. The van der Waals surface area contributed by atoms with Crippen LogP contribution in [0.15, 0.2) is 66.7 Å². The van der Waals surface area contributed by atoms with Crippen molar-refractivity contribution in [3.8, 4) is 11.5 Å². The van der Waals surface area contributed by atoms with Gasteiger partial charge in [-0.25, -0.2) is 0 Å². The Bertz CT molecular complexity index is 1030. The summed E-state index contributed by atoms with van der Waals surface area (Å²) in [5, 5.41) is 0.711. The number of carbonyl (C=O) groups excluding carboxylic acids is 1. The molecule has 0 radical (unpaired) electrons. The molecule has 6 heteroatoms. The van der Waals surface area contributed by atoms with Crippen molar-refractivity contribution in [3.63, 3.8) is 0 Å². The Morgan fingerprint density at radius 1 is 1.00 bits per heavy atom. The minimum absolute atomic E-state index is 0.0245. The number of amides is 1. The van der Waals surface area contributed by atoms with Gasteiger partial charge in [0.05, 0.1) is 26.9 Å². The Balaban J connectivity index is 1.42. The average molecular weight is 438 g/mol. The molecule has 0 unspecified atom stereocenters. The fourth-order valence-corrected chi connectivity index (χ4v) is 3.62. The summed E-state index contributed by atoms with van der Waals surface area (Å²) in [6.07, 6.45) is 0. The van der Waals surface area contributed by atoms with Gasteiger partial charge in [-0.2, -0.15) is 0 Å². The SMILES string of the molecule is COc1ccc(C(=O)N2CCOc3ccc(COCc4ccc(Cl)cc4)cc3C2)cc1. The molecular weight excluding hydrogens is 414 g/mol. The molecule has 31 heavy (non-hydrogen) atoms. The molecule has 4 rings (SSSR count). The van der Waals surface area contributed by atoms with E-state index in [0.717, 1.165) is 28.2 Å². The van der Waals surface area contributed by atoms with Crippen LogP contribution in [0.1, 0.15) is 27.0 Å². The quantitative estimate of drug-likeness (QED) is 0.538. The Kier molecular flexibility index (Phi) is 6.75. The highest BCUT2D eigenvalue weighted by Crippen LogP contribution is 2.26. The molecule has 0 spiro atoms. The molecule has 0 saturated heterocycles. The van der Waals surface area contributed by atoms with Crippen LogP contribution in [0.3, 0.4) is 0 Å². The van der Waals surface area contributed by atoms with E-state index in [1.54, 1.807) is 31.4 Å². The summed E-state index contributed by atoms with van der Waals surface area (Å²) in [6, 6.07) is 20.8. The maximum atomic E-state index is 13.0. The van der Waals surface area contributed by atoms with Crippen molar-refractivity contribution in [3.05, 3.63) is 94.0 Å². The van der Waals surface area contributed by atoms with Crippen molar-refractivity contribution in [1.29, 1.82) is 0 Å². The maximum Gasteiger partial charge on any atom is 0.254 e. The van der Waals surface area contributed by atoms with Gasteiger partial charge in [-0.1, -0.05) is 29.8 Å². The molecule has 0 saturated carbocycles. The van der Waals surface area contributed by atoms with Gasteiger partial charge in [0.2, 0.25) is 0 Å². The van der Waals surface area contributed by atoms with Crippen LogP contribution in [-0.2, 0) is 24.5 Å². The Hall–Kier alpha value is -3.02. The highest BCUT2D eigenvalue weighted by Gasteiger charge is 2.21. The molecular formula is C25H24ClNO4. The largest absolute Gasteiger partial charge is 0.497 e. The summed E-state index contributed by atoms with van der Waals surface area (Å²) in [7, 11) is 1.61. The molecule has 0 atom stereocenters. The van der Waals surface area contributed by atoms with Crippen LogP contribution in [0.4, 0.5) is 0 Å². The van der Waals surface area contributed by atoms with Gasteiger partial charge in [0, 0.05) is 22.7 Å². The molecule has 0 bridgehead atoms. The number of hydrogen-bond acceptors (Lipinski definition) is 4. The first-order valence-corrected chi connectivity index (χ1v) is 10.5. The summed E-state index contributed by atoms with van der Waals surface area (Å²) in [5.41, 5.74) is 3.72. The number of benzene rings is 3. The van der Waals surface area contributed by atoms with Crippen LogP contribution in [0.5, 0.6) is 11.5 Å². The lowest BCUT2D eigenvalue weighted by atomic mass is 10.1. The van der Waals surface area contributed by atoms with E-state index < -0.39 is 0 Å². The standard InChI is InChI=1S/C25H24ClNO4/c1-29-23-9-5-20(6-10-23)25(28)27-12-13-31-24-11-4-19(14-21(24)15-27)17-30-16-18-2-7-22(26)8-3-18/h2-11,14H,12-13,15-17H2,1H3. The molecule has 160 valence electrons. The van der Waals surface area contributed by atoms with E-state index in [9.17, 15) is 4.79 Å². The molecule has 0 fully saturated rings. The van der Waals surface area contributed by atoms with Gasteiger partial charge < -0.3 is 19.1 Å². The van der Waals surface area contributed by atoms with Crippen LogP contribution < -0.4 is 9.47 Å². The molecule has 3 aromatic rings. The number of hydrogen-bond donors (Lipinski definition) is 0. The highest BCUT2D eigenvalue weighted by molar-refractivity contribution is 6.30. The lowest BCUT2D eigenvalue weighted by Crippen LogP contribution is -2.32. The number of carbonyl (C=O) groups is 1. The zero-order valence-corrected chi connectivity index (χ0v) is 18.1. The predicted molar refractivity (Wildman–Crippen MR) is 120 cm³/mol. The van der Waals surface area contributed by atoms with Gasteiger partial charge in [-0.05, 0) is 59.7 Å². The number of halogens is 1. The molecule has 1 aliphatic heterocycles. The zero-order valence-electron chi connectivity index (χ0n) is 17.3. The Labute approximate surface area is 187 Å². The first-order valence-electron chi connectivity index (χ1n) is 10.1. The van der Waals surface area contributed by atoms with E-state index >= 15 is 0 Å². The van der Waals surface area contributed by atoms with Crippen molar-refractivity contribution < 1.29 is 19.0 Å². The second-order valence-electron chi connectivity index (χ2n) is 7.37. The van der Waals surface area contributed by atoms with Crippen molar-refractivity contribution in [2.45, 2.75) is 19.8 Å². The Morgan fingerprint density at radius 3 is 2.45 bits per heavy atom. The lowest BCUT2D eigenvalue weighted by Gasteiger charge is -2.20. The van der Waals surface area contributed by atoms with Crippen molar-refractivity contribution in [1.82, 2.24) is 4.90 Å². The van der Waals surface area contributed by atoms with Gasteiger partial charge in [-0.3, -0.25) is 4.79 Å². The smallest absolute Gasteiger partial charge is 0.254 e. The van der Waals surface area contributed by atoms with E-state index in [-0.39, 0.29) is 5.91 Å². The highest BCUT2D eigenvalue weighted by atomic mass is 35.5. The minimum Gasteiger partial charge on any atom is -0.497 e. The number of methoxy groups -OCH3 is 1. The van der Waals surface area contributed by atoms with Crippen LogP contribution in [0.2, 0.25) is 5.02 Å². The van der Waals surface area contributed by atoms with Crippen LogP contribution in [0.25, 0.3) is 0 Å². The van der Waals surface area contributed by atoms with Crippen LogP contribution >= 0.6 is 11.6 Å². The van der Waals surface area contributed by atoms with E-state index in [1.165, 1.54) is 0 Å². The number of rotatable bonds is 6. The van der Waals surface area contributed by atoms with Gasteiger partial charge in [0.15, 0.2) is 0 Å². The third-order valence-corrected chi connectivity index (χ3v) is 5.43. The van der Waals surface area contributed by atoms with Gasteiger partial charge >= 0.3 is 0 Å². The number of nitrogens with zero attached hydrogens (tertiary/aromatic N) is 1. The fraction of sp³-hybridized carbons (Fsp3) is 0.240. The molecule has 3 aromatic carbocycles. The molecule has 0 N–H and O–H groups in total. The molecule has 1 aliphatic rings. The van der Waals surface area contributed by atoms with E-state index in [0.29, 0.717) is 43.5 Å². The zero-order chi connectivity index (χ0) is 21.6. The third-order valence-electron chi connectivity index (χ3n) is 5.18. The predicted octanol–water partition coefficient (Wildman–Crippen LogP) is 5.10. The summed E-state index contributed by atoms with van der Waals surface area (Å²) >= 11 is 5.92. The van der Waals surface area contributed by atoms with Crippen molar-refractivity contribution >= 4 is 17.5 Å². The first-order chi connectivity index (χ1) is 15.1. The number of fused-ring (bicyclic) bond motifs is 1. The van der Waals surface area contributed by atoms with Crippen molar-refractivity contribution in [2.75, 3.05) is 20.3 Å². The van der Waals surface area contributed by atoms with Gasteiger partial charge in [0.1, 0.15) is 18.1 Å². The lowest BCUT2D eigenvalue weighted by molar-refractivity contribution is 0.0733. The van der Waals surface area contributed by atoms with Crippen LogP contribution in [0, 0.1) is 0 Å². The summed E-state index contributed by atoms with van der Waals surface area (Å²) in [6.45, 7) is 2.46. The number of ether oxygens (including phenoxy) is 3. The topological polar surface area (TPSA) is 48.0 Å². The second-order valence-corrected chi connectivity index (χ2v) is 7.80. The normalized spacial score (nSPS) is 13.2. The van der Waals surface area contributed by atoms with Gasteiger partial charge in [-0.15, -0.1) is 0 Å². The van der Waals surface area contributed by atoms with Gasteiger partial charge in [0.25, 0.3) is 5.91 Å². The molecule has 0 aromatic heterocycles. The van der Waals surface area contributed by atoms with Crippen LogP contribution in [-0.4, -0.2) is 31.1 Å². The molecule has 5 nitrogen and oxygen atoms in total. The second kappa shape index (κ2) is 9.86. The summed E-state index contributed by atoms with van der Waals surface area (Å²) < 4.78 is 16.9. The minimum atomic E-state index is -0.0245. The molecule has 1 heterocycles. The Morgan fingerprint density at radius 2 is 1.71 bits per heavy atom. The third kappa shape index (κ3) is 5.37. The van der Waals surface area contributed by atoms with E-state index in [2.05, 4.69) is 6.07 Å². The molecule has 0 aliphatic carbocycles. The summed E-state index contributed by atoms with van der Waals surface area (Å²) in [4.78, 5) is 14.8. The molecule has 1 amide bonds. The van der Waals surface area contributed by atoms with E-state index in [1.807, 2.05) is 41.3 Å².